The number of carbonyl (C=O) groups is 3. The first kappa shape index (κ1) is 22.4. The fourth-order valence-corrected chi connectivity index (χ4v) is 1.87. The van der Waals surface area contributed by atoms with Crippen LogP contribution in [0.15, 0.2) is 0 Å². The topological polar surface area (TPSA) is 87.3 Å². The predicted molar refractivity (Wildman–Crippen MR) is 96.4 cm³/mol. The molecule has 0 aliphatic heterocycles. The minimum atomic E-state index is -0.495. The number of carbonyl (C=O) groups excluding carboxylic acids is 3. The van der Waals surface area contributed by atoms with Crippen molar-refractivity contribution in [2.75, 3.05) is 19.6 Å². The van der Waals surface area contributed by atoms with E-state index >= 15 is 0 Å². The molecule has 0 aliphatic carbocycles. The van der Waals surface area contributed by atoms with Crippen LogP contribution in [0.3, 0.4) is 0 Å². The van der Waals surface area contributed by atoms with Crippen LogP contribution < -0.4 is 16.0 Å². The zero-order chi connectivity index (χ0) is 18.8. The molecule has 0 radical (unpaired) electrons. The van der Waals surface area contributed by atoms with Gasteiger partial charge in [-0.15, -0.1) is 0 Å². The summed E-state index contributed by atoms with van der Waals surface area (Å²) in [6.07, 6.45) is 3.81. The third kappa shape index (κ3) is 11.0. The van der Waals surface area contributed by atoms with Gasteiger partial charge in [0.1, 0.15) is 0 Å². The van der Waals surface area contributed by atoms with E-state index in [0.717, 1.165) is 19.3 Å². The van der Waals surface area contributed by atoms with Crippen LogP contribution in [-0.4, -0.2) is 37.4 Å². The first-order chi connectivity index (χ1) is 11.0. The number of nitrogens with one attached hydrogen (secondary N) is 3. The molecule has 0 heterocycles. The van der Waals surface area contributed by atoms with Crippen molar-refractivity contribution in [3.8, 4) is 0 Å². The van der Waals surface area contributed by atoms with Crippen molar-refractivity contribution >= 4 is 17.7 Å². The van der Waals surface area contributed by atoms with Gasteiger partial charge in [0.25, 0.3) is 0 Å². The van der Waals surface area contributed by atoms with Crippen LogP contribution in [0.1, 0.15) is 67.2 Å². The number of hydrogen-bond acceptors (Lipinski definition) is 3. The average molecular weight is 341 g/mol. The molecule has 0 aromatic carbocycles. The van der Waals surface area contributed by atoms with Crippen LogP contribution >= 0.6 is 0 Å². The molecule has 140 valence electrons. The summed E-state index contributed by atoms with van der Waals surface area (Å²) < 4.78 is 0. The predicted octanol–water partition coefficient (Wildman–Crippen LogP) is 1.99. The number of amides is 3. The number of rotatable bonds is 10. The van der Waals surface area contributed by atoms with Crippen molar-refractivity contribution in [3.05, 3.63) is 0 Å². The van der Waals surface area contributed by atoms with Gasteiger partial charge in [-0.1, -0.05) is 48.0 Å². The summed E-state index contributed by atoms with van der Waals surface area (Å²) in [7, 11) is 0. The molecule has 0 unspecified atom stereocenters. The Bertz CT molecular complexity index is 426. The van der Waals surface area contributed by atoms with Crippen LogP contribution in [0.25, 0.3) is 0 Å². The van der Waals surface area contributed by atoms with E-state index < -0.39 is 5.41 Å². The summed E-state index contributed by atoms with van der Waals surface area (Å²) in [5, 5.41) is 7.88. The Morgan fingerprint density at radius 2 is 1.33 bits per heavy atom. The first-order valence-corrected chi connectivity index (χ1v) is 8.79. The van der Waals surface area contributed by atoms with E-state index in [1.807, 2.05) is 20.8 Å². The standard InChI is InChI=1S/C18H35N3O3/c1-7-18(5,6)16(24)21-13-15(23)20-12-14(22)19-11-9-8-10-17(2,3)4/h7-13H2,1-6H3,(H,19,22)(H,20,23)(H,21,24). The monoisotopic (exact) mass is 341 g/mol. The molecule has 0 saturated carbocycles. The maximum Gasteiger partial charge on any atom is 0.239 e. The molecule has 24 heavy (non-hydrogen) atoms. The molecule has 6 heteroatoms. The zero-order valence-electron chi connectivity index (χ0n) is 16.2. The Kier molecular flexibility index (Phi) is 9.63. The summed E-state index contributed by atoms with van der Waals surface area (Å²) in [6.45, 7) is 12.6. The van der Waals surface area contributed by atoms with Crippen LogP contribution in [0, 0.1) is 10.8 Å². The maximum atomic E-state index is 11.8. The number of hydrogen-bond donors (Lipinski definition) is 3. The van der Waals surface area contributed by atoms with Gasteiger partial charge in [-0.05, 0) is 24.7 Å². The van der Waals surface area contributed by atoms with E-state index in [4.69, 9.17) is 0 Å². The van der Waals surface area contributed by atoms with Gasteiger partial charge in [0.15, 0.2) is 0 Å². The average Bonchev–Trinajstić information content (AvgIpc) is 2.48. The fourth-order valence-electron chi connectivity index (χ4n) is 1.87. The van der Waals surface area contributed by atoms with Gasteiger partial charge in [-0.3, -0.25) is 14.4 Å². The molecular formula is C18H35N3O3. The van der Waals surface area contributed by atoms with Crippen LogP contribution in [0.2, 0.25) is 0 Å². The Morgan fingerprint density at radius 3 is 1.88 bits per heavy atom. The van der Waals surface area contributed by atoms with E-state index in [1.165, 1.54) is 0 Å². The first-order valence-electron chi connectivity index (χ1n) is 8.79. The lowest BCUT2D eigenvalue weighted by Crippen LogP contribution is -2.45. The smallest absolute Gasteiger partial charge is 0.239 e. The Hall–Kier alpha value is -1.59. The highest BCUT2D eigenvalue weighted by Crippen LogP contribution is 2.21. The van der Waals surface area contributed by atoms with Crippen molar-refractivity contribution in [2.45, 2.75) is 67.2 Å². The van der Waals surface area contributed by atoms with Crippen molar-refractivity contribution in [1.82, 2.24) is 16.0 Å². The quantitative estimate of drug-likeness (QED) is 0.531. The molecule has 0 bridgehead atoms. The fraction of sp³-hybridized carbons (Fsp3) is 0.833. The largest absolute Gasteiger partial charge is 0.355 e. The second kappa shape index (κ2) is 10.3. The normalized spacial score (nSPS) is 11.8. The molecular weight excluding hydrogens is 306 g/mol. The minimum absolute atomic E-state index is 0.0643. The second-order valence-corrected chi connectivity index (χ2v) is 8.06. The Labute approximate surface area is 146 Å². The van der Waals surface area contributed by atoms with Crippen LogP contribution in [-0.2, 0) is 14.4 Å². The molecule has 6 nitrogen and oxygen atoms in total. The lowest BCUT2D eigenvalue weighted by atomic mass is 9.89. The van der Waals surface area contributed by atoms with E-state index in [-0.39, 0.29) is 30.8 Å². The van der Waals surface area contributed by atoms with Crippen molar-refractivity contribution in [2.24, 2.45) is 10.8 Å². The van der Waals surface area contributed by atoms with Gasteiger partial charge in [0, 0.05) is 12.0 Å². The Morgan fingerprint density at radius 1 is 0.792 bits per heavy atom. The van der Waals surface area contributed by atoms with Gasteiger partial charge in [0.05, 0.1) is 13.1 Å². The van der Waals surface area contributed by atoms with Gasteiger partial charge in [-0.25, -0.2) is 0 Å². The molecule has 0 atom stereocenters. The number of unbranched alkanes of at least 4 members (excludes halogenated alkanes) is 1. The third-order valence-corrected chi connectivity index (χ3v) is 4.03. The summed E-state index contributed by atoms with van der Waals surface area (Å²) in [6, 6.07) is 0. The van der Waals surface area contributed by atoms with Crippen molar-refractivity contribution in [3.63, 3.8) is 0 Å². The molecule has 3 amide bonds. The molecule has 0 aromatic heterocycles. The molecule has 0 aromatic rings. The molecule has 0 spiro atoms. The Balaban J connectivity index is 3.79. The molecule has 0 saturated heterocycles. The summed E-state index contributed by atoms with van der Waals surface area (Å²) in [5.74, 6) is -0.735. The van der Waals surface area contributed by atoms with Crippen LogP contribution in [0.5, 0.6) is 0 Å². The van der Waals surface area contributed by atoms with Crippen LogP contribution in [0.4, 0.5) is 0 Å². The molecule has 3 N–H and O–H groups in total. The van der Waals surface area contributed by atoms with Crippen molar-refractivity contribution < 1.29 is 14.4 Å². The molecule has 0 fully saturated rings. The third-order valence-electron chi connectivity index (χ3n) is 4.03. The molecule has 0 rings (SSSR count). The lowest BCUT2D eigenvalue weighted by Gasteiger charge is -2.21. The maximum absolute atomic E-state index is 11.8. The van der Waals surface area contributed by atoms with Crippen molar-refractivity contribution in [1.29, 1.82) is 0 Å². The lowest BCUT2D eigenvalue weighted by molar-refractivity contribution is -0.132. The van der Waals surface area contributed by atoms with Gasteiger partial charge in [-0.2, -0.15) is 0 Å². The molecule has 0 aliphatic rings. The van der Waals surface area contributed by atoms with E-state index in [9.17, 15) is 14.4 Å². The van der Waals surface area contributed by atoms with Gasteiger partial charge >= 0.3 is 0 Å². The van der Waals surface area contributed by atoms with Gasteiger partial charge < -0.3 is 16.0 Å². The van der Waals surface area contributed by atoms with E-state index in [2.05, 4.69) is 36.7 Å². The minimum Gasteiger partial charge on any atom is -0.355 e. The van der Waals surface area contributed by atoms with E-state index in [1.54, 1.807) is 0 Å². The highest BCUT2D eigenvalue weighted by atomic mass is 16.2. The summed E-state index contributed by atoms with van der Waals surface area (Å²) >= 11 is 0. The zero-order valence-corrected chi connectivity index (χ0v) is 16.2. The SMILES string of the molecule is CCC(C)(C)C(=O)NCC(=O)NCC(=O)NCCCCC(C)(C)C. The van der Waals surface area contributed by atoms with E-state index in [0.29, 0.717) is 18.4 Å². The second-order valence-electron chi connectivity index (χ2n) is 8.06. The highest BCUT2D eigenvalue weighted by Gasteiger charge is 2.25. The van der Waals surface area contributed by atoms with Gasteiger partial charge in [0.2, 0.25) is 17.7 Å². The summed E-state index contributed by atoms with van der Waals surface area (Å²) in [5.41, 5.74) is -0.181. The highest BCUT2D eigenvalue weighted by molar-refractivity contribution is 5.89. The summed E-state index contributed by atoms with van der Waals surface area (Å²) in [4.78, 5) is 35.1.